The summed E-state index contributed by atoms with van der Waals surface area (Å²) < 4.78 is 5.16. The smallest absolute Gasteiger partial charge is 0.410 e. The van der Waals surface area contributed by atoms with Crippen molar-refractivity contribution in [3.8, 4) is 5.75 Å². The lowest BCUT2D eigenvalue weighted by Gasteiger charge is -2.12. The molecule has 1 aromatic carbocycles. The fraction of sp³-hybridized carbons (Fsp3) is 0.462. The molecule has 16 heavy (non-hydrogen) atoms. The Hall–Kier alpha value is -1.51. The van der Waals surface area contributed by atoms with Gasteiger partial charge in [-0.05, 0) is 37.3 Å². The molecule has 2 atom stereocenters. The second-order valence-electron chi connectivity index (χ2n) is 4.46. The van der Waals surface area contributed by atoms with E-state index in [1.807, 2.05) is 18.2 Å². The van der Waals surface area contributed by atoms with Crippen LogP contribution in [-0.4, -0.2) is 12.1 Å². The van der Waals surface area contributed by atoms with E-state index >= 15 is 0 Å². The van der Waals surface area contributed by atoms with Gasteiger partial charge in [0.25, 0.3) is 0 Å². The van der Waals surface area contributed by atoms with Gasteiger partial charge in [-0.2, -0.15) is 0 Å². The predicted molar refractivity (Wildman–Crippen MR) is 62.4 cm³/mol. The molecule has 1 amide bonds. The first-order chi connectivity index (χ1) is 7.74. The lowest BCUT2D eigenvalue weighted by atomic mass is 10.1. The van der Waals surface area contributed by atoms with Gasteiger partial charge in [0.1, 0.15) is 5.75 Å². The molecular formula is C13H17NO2. The van der Waals surface area contributed by atoms with Crippen molar-refractivity contribution in [1.82, 2.24) is 5.32 Å². The molecule has 1 N–H and O–H groups in total. The van der Waals surface area contributed by atoms with Crippen molar-refractivity contribution in [2.45, 2.75) is 32.2 Å². The highest BCUT2D eigenvalue weighted by atomic mass is 16.6. The van der Waals surface area contributed by atoms with Gasteiger partial charge < -0.3 is 10.1 Å². The third kappa shape index (κ3) is 2.99. The Kier molecular flexibility index (Phi) is 3.44. The SMILES string of the molecule is CC1CCC(NC(=O)Oc2ccccc2)C1. The van der Waals surface area contributed by atoms with Crippen LogP contribution in [0.15, 0.2) is 30.3 Å². The molecule has 2 unspecified atom stereocenters. The van der Waals surface area contributed by atoms with Crippen LogP contribution in [0, 0.1) is 5.92 Å². The first-order valence-electron chi connectivity index (χ1n) is 5.77. The van der Waals surface area contributed by atoms with Crippen LogP contribution >= 0.6 is 0 Å². The lowest BCUT2D eigenvalue weighted by Crippen LogP contribution is -2.35. The summed E-state index contributed by atoms with van der Waals surface area (Å²) in [5.41, 5.74) is 0. The summed E-state index contributed by atoms with van der Waals surface area (Å²) >= 11 is 0. The van der Waals surface area contributed by atoms with Crippen LogP contribution in [0.5, 0.6) is 5.75 Å². The molecule has 0 bridgehead atoms. The van der Waals surface area contributed by atoms with Crippen molar-refractivity contribution < 1.29 is 9.53 Å². The number of benzene rings is 1. The molecule has 1 aliphatic carbocycles. The number of carbonyl (C=O) groups is 1. The summed E-state index contributed by atoms with van der Waals surface area (Å²) in [6.07, 6.45) is 2.97. The Labute approximate surface area is 95.8 Å². The third-order valence-electron chi connectivity index (χ3n) is 2.97. The van der Waals surface area contributed by atoms with E-state index in [0.29, 0.717) is 11.7 Å². The predicted octanol–water partition coefficient (Wildman–Crippen LogP) is 2.96. The average Bonchev–Trinajstić information content (AvgIpc) is 2.65. The number of carbonyl (C=O) groups excluding carboxylic acids is 1. The second-order valence-corrected chi connectivity index (χ2v) is 4.46. The summed E-state index contributed by atoms with van der Waals surface area (Å²) in [5, 5.41) is 2.90. The number of hydrogen-bond acceptors (Lipinski definition) is 2. The molecule has 0 saturated heterocycles. The van der Waals surface area contributed by atoms with E-state index in [4.69, 9.17) is 4.74 Å². The molecule has 1 aromatic rings. The quantitative estimate of drug-likeness (QED) is 0.830. The molecule has 2 rings (SSSR count). The van der Waals surface area contributed by atoms with E-state index in [1.165, 1.54) is 6.42 Å². The van der Waals surface area contributed by atoms with E-state index in [-0.39, 0.29) is 12.1 Å². The Balaban J connectivity index is 1.81. The molecule has 0 aromatic heterocycles. The number of nitrogens with one attached hydrogen (secondary N) is 1. The minimum Gasteiger partial charge on any atom is -0.410 e. The van der Waals surface area contributed by atoms with Gasteiger partial charge in [-0.25, -0.2) is 4.79 Å². The number of amides is 1. The Bertz CT molecular complexity index is 350. The van der Waals surface area contributed by atoms with Gasteiger partial charge in [0.15, 0.2) is 0 Å². The fourth-order valence-corrected chi connectivity index (χ4v) is 2.13. The van der Waals surface area contributed by atoms with Crippen LogP contribution in [0.3, 0.4) is 0 Å². The first kappa shape index (κ1) is 11.0. The van der Waals surface area contributed by atoms with Crippen LogP contribution in [0.4, 0.5) is 4.79 Å². The number of hydrogen-bond donors (Lipinski definition) is 1. The van der Waals surface area contributed by atoms with Crippen molar-refractivity contribution in [2.24, 2.45) is 5.92 Å². The second kappa shape index (κ2) is 5.01. The summed E-state index contributed by atoms with van der Waals surface area (Å²) in [7, 11) is 0. The summed E-state index contributed by atoms with van der Waals surface area (Å²) in [6.45, 7) is 2.21. The summed E-state index contributed by atoms with van der Waals surface area (Å²) in [6, 6.07) is 9.42. The summed E-state index contributed by atoms with van der Waals surface area (Å²) in [5.74, 6) is 1.30. The Morgan fingerprint density at radius 3 is 2.69 bits per heavy atom. The first-order valence-corrected chi connectivity index (χ1v) is 5.77. The van der Waals surface area contributed by atoms with Gasteiger partial charge in [-0.15, -0.1) is 0 Å². The maximum atomic E-state index is 11.5. The molecule has 86 valence electrons. The van der Waals surface area contributed by atoms with Crippen molar-refractivity contribution in [2.75, 3.05) is 0 Å². The zero-order valence-corrected chi connectivity index (χ0v) is 9.48. The molecule has 0 aliphatic heterocycles. The minimum atomic E-state index is -0.342. The zero-order valence-electron chi connectivity index (χ0n) is 9.48. The molecule has 1 aliphatic rings. The fourth-order valence-electron chi connectivity index (χ4n) is 2.13. The van der Waals surface area contributed by atoms with Gasteiger partial charge in [-0.1, -0.05) is 25.1 Å². The highest BCUT2D eigenvalue weighted by Crippen LogP contribution is 2.24. The van der Waals surface area contributed by atoms with Gasteiger partial charge in [0.05, 0.1) is 0 Å². The molecule has 3 nitrogen and oxygen atoms in total. The molecule has 3 heteroatoms. The topological polar surface area (TPSA) is 38.3 Å². The van der Waals surface area contributed by atoms with Gasteiger partial charge in [0, 0.05) is 6.04 Å². The van der Waals surface area contributed by atoms with Crippen LogP contribution in [0.1, 0.15) is 26.2 Å². The molecular weight excluding hydrogens is 202 g/mol. The monoisotopic (exact) mass is 219 g/mol. The minimum absolute atomic E-state index is 0.284. The number of para-hydroxylation sites is 1. The molecule has 0 radical (unpaired) electrons. The largest absolute Gasteiger partial charge is 0.412 e. The molecule has 0 heterocycles. The van der Waals surface area contributed by atoms with E-state index in [1.54, 1.807) is 12.1 Å². The highest BCUT2D eigenvalue weighted by Gasteiger charge is 2.23. The van der Waals surface area contributed by atoms with Gasteiger partial charge in [-0.3, -0.25) is 0 Å². The van der Waals surface area contributed by atoms with Crippen LogP contribution in [-0.2, 0) is 0 Å². The van der Waals surface area contributed by atoms with Crippen molar-refractivity contribution in [1.29, 1.82) is 0 Å². The maximum absolute atomic E-state index is 11.5. The van der Waals surface area contributed by atoms with E-state index in [2.05, 4.69) is 12.2 Å². The zero-order chi connectivity index (χ0) is 11.4. The number of ether oxygens (including phenoxy) is 1. The van der Waals surface area contributed by atoms with E-state index < -0.39 is 0 Å². The van der Waals surface area contributed by atoms with Crippen molar-refractivity contribution in [3.05, 3.63) is 30.3 Å². The van der Waals surface area contributed by atoms with Crippen LogP contribution < -0.4 is 10.1 Å². The van der Waals surface area contributed by atoms with Crippen LogP contribution in [0.2, 0.25) is 0 Å². The molecule has 1 fully saturated rings. The number of rotatable bonds is 2. The standard InChI is InChI=1S/C13H17NO2/c1-10-7-8-11(9-10)14-13(15)16-12-5-3-2-4-6-12/h2-6,10-11H,7-9H2,1H3,(H,14,15). The lowest BCUT2D eigenvalue weighted by molar-refractivity contribution is 0.196. The molecule has 0 spiro atoms. The Morgan fingerprint density at radius 1 is 1.31 bits per heavy atom. The third-order valence-corrected chi connectivity index (χ3v) is 2.97. The normalized spacial score (nSPS) is 24.1. The van der Waals surface area contributed by atoms with Crippen molar-refractivity contribution >= 4 is 6.09 Å². The highest BCUT2D eigenvalue weighted by molar-refractivity contribution is 5.70. The Morgan fingerprint density at radius 2 is 2.06 bits per heavy atom. The van der Waals surface area contributed by atoms with E-state index in [9.17, 15) is 4.79 Å². The van der Waals surface area contributed by atoms with E-state index in [0.717, 1.165) is 12.8 Å². The van der Waals surface area contributed by atoms with Gasteiger partial charge >= 0.3 is 6.09 Å². The summed E-state index contributed by atoms with van der Waals surface area (Å²) in [4.78, 5) is 11.5. The average molecular weight is 219 g/mol. The van der Waals surface area contributed by atoms with Crippen LogP contribution in [0.25, 0.3) is 0 Å². The maximum Gasteiger partial charge on any atom is 0.412 e. The van der Waals surface area contributed by atoms with Crippen molar-refractivity contribution in [3.63, 3.8) is 0 Å². The van der Waals surface area contributed by atoms with Gasteiger partial charge in [0.2, 0.25) is 0 Å². The molecule has 1 saturated carbocycles.